The minimum absolute atomic E-state index is 0.321. The summed E-state index contributed by atoms with van der Waals surface area (Å²) in [4.78, 5) is 20.9. The average Bonchev–Trinajstić information content (AvgIpc) is 2.85. The Hall–Kier alpha value is -1.58. The van der Waals surface area contributed by atoms with Gasteiger partial charge in [0.1, 0.15) is 0 Å². The number of carboxylic acids is 2. The van der Waals surface area contributed by atoms with Gasteiger partial charge in [0.05, 0.1) is 0 Å². The third kappa shape index (κ3) is 32.4. The Balaban J connectivity index is 3.15. The topological polar surface area (TPSA) is 74.6 Å². The largest absolute Gasteiger partial charge is 0.481 e. The van der Waals surface area contributed by atoms with Crippen LogP contribution < -0.4 is 0 Å². The Morgan fingerprint density at radius 2 is 0.528 bits per heavy atom. The van der Waals surface area contributed by atoms with E-state index >= 15 is 0 Å². The van der Waals surface area contributed by atoms with Gasteiger partial charge in [-0.15, -0.1) is 0 Å². The number of hydrogen-bond donors (Lipinski definition) is 2. The van der Waals surface area contributed by atoms with Crippen molar-refractivity contribution in [3.63, 3.8) is 0 Å². The van der Waals surface area contributed by atoms with Crippen LogP contribution in [0.15, 0.2) is 24.3 Å². The van der Waals surface area contributed by atoms with Crippen LogP contribution in [0.2, 0.25) is 0 Å². The molecule has 0 fully saturated rings. The molecule has 0 amide bonds. The highest BCUT2D eigenvalue weighted by Crippen LogP contribution is 2.13. The summed E-state index contributed by atoms with van der Waals surface area (Å²) in [5.41, 5.74) is 0. The molecule has 0 heterocycles. The molecule has 0 aromatic carbocycles. The molecule has 0 aromatic rings. The molecule has 0 radical (unpaired) electrons. The molecule has 4 heteroatoms. The van der Waals surface area contributed by atoms with Gasteiger partial charge in [-0.2, -0.15) is 0 Å². The maximum atomic E-state index is 10.4. The van der Waals surface area contributed by atoms with Crippen LogP contribution in [0.25, 0.3) is 0 Å². The van der Waals surface area contributed by atoms with Gasteiger partial charge in [-0.25, -0.2) is 0 Å². The van der Waals surface area contributed by atoms with E-state index in [4.69, 9.17) is 10.2 Å². The Labute approximate surface area is 223 Å². The van der Waals surface area contributed by atoms with Gasteiger partial charge in [0.2, 0.25) is 0 Å². The predicted molar refractivity (Wildman–Crippen MR) is 154 cm³/mol. The van der Waals surface area contributed by atoms with Crippen molar-refractivity contribution in [1.29, 1.82) is 0 Å². The molecule has 0 atom stereocenters. The van der Waals surface area contributed by atoms with Crippen LogP contribution in [-0.4, -0.2) is 22.2 Å². The van der Waals surface area contributed by atoms with Crippen molar-refractivity contribution < 1.29 is 19.8 Å². The van der Waals surface area contributed by atoms with Crippen LogP contribution in [0.4, 0.5) is 0 Å². The van der Waals surface area contributed by atoms with E-state index in [0.717, 1.165) is 25.7 Å². The number of hydrogen-bond acceptors (Lipinski definition) is 2. The molecule has 0 aliphatic carbocycles. The van der Waals surface area contributed by atoms with Gasteiger partial charge in [0.15, 0.2) is 0 Å². The Bertz CT molecular complexity index is 490. The second-order valence-corrected chi connectivity index (χ2v) is 10.5. The fraction of sp³-hybridized carbons (Fsp3) is 0.812. The van der Waals surface area contributed by atoms with Crippen molar-refractivity contribution in [1.82, 2.24) is 0 Å². The van der Waals surface area contributed by atoms with E-state index in [1.165, 1.54) is 128 Å². The molecule has 0 aliphatic rings. The Kier molecular flexibility index (Phi) is 28.3. The maximum Gasteiger partial charge on any atom is 0.303 e. The zero-order valence-electron chi connectivity index (χ0n) is 23.4. The number of unbranched alkanes of at least 4 members (excludes halogenated alkanes) is 21. The normalized spacial score (nSPS) is 11.7. The summed E-state index contributed by atoms with van der Waals surface area (Å²) in [6.07, 6.45) is 39.6. The number of aliphatic carboxylic acids is 2. The lowest BCUT2D eigenvalue weighted by Gasteiger charge is -2.02. The van der Waals surface area contributed by atoms with Crippen LogP contribution in [0, 0.1) is 0 Å². The summed E-state index contributed by atoms with van der Waals surface area (Å²) in [6, 6.07) is 0. The Morgan fingerprint density at radius 1 is 0.333 bits per heavy atom. The minimum Gasteiger partial charge on any atom is -0.481 e. The van der Waals surface area contributed by atoms with Crippen LogP contribution >= 0.6 is 0 Å². The highest BCUT2D eigenvalue weighted by Gasteiger charge is 1.97. The van der Waals surface area contributed by atoms with Gasteiger partial charge in [-0.1, -0.05) is 114 Å². The van der Waals surface area contributed by atoms with E-state index < -0.39 is 11.9 Å². The molecule has 4 nitrogen and oxygen atoms in total. The van der Waals surface area contributed by atoms with Gasteiger partial charge in [0, 0.05) is 12.8 Å². The molecule has 36 heavy (non-hydrogen) atoms. The molecule has 0 saturated carbocycles. The number of carbonyl (C=O) groups is 2. The van der Waals surface area contributed by atoms with Crippen LogP contribution in [-0.2, 0) is 9.59 Å². The van der Waals surface area contributed by atoms with Crippen molar-refractivity contribution in [3.05, 3.63) is 24.3 Å². The summed E-state index contributed by atoms with van der Waals surface area (Å²) < 4.78 is 0. The first-order chi connectivity index (χ1) is 17.6. The Morgan fingerprint density at radius 3 is 0.750 bits per heavy atom. The molecule has 0 rings (SSSR count). The summed E-state index contributed by atoms with van der Waals surface area (Å²) in [6.45, 7) is 0. The quantitative estimate of drug-likeness (QED) is 0.0781. The lowest BCUT2D eigenvalue weighted by molar-refractivity contribution is -0.138. The molecule has 0 saturated heterocycles. The lowest BCUT2D eigenvalue weighted by atomic mass is 10.0. The standard InChI is InChI=1S/C32H58O4/c33-31(34)29-27-25-23-21-19-17-15-13-11-9-7-5-3-1-2-4-6-8-10-12-14-16-18-20-22-24-26-28-30-32(35)36/h13-16H,1-12,17-30H2,(H,33,34)(H,35,36). The average molecular weight is 507 g/mol. The molecule has 0 bridgehead atoms. The summed E-state index contributed by atoms with van der Waals surface area (Å²) >= 11 is 0. The molecule has 0 aliphatic heterocycles. The number of allylic oxidation sites excluding steroid dienone is 4. The number of carboxylic acid groups (broad SMARTS) is 2. The first kappa shape index (κ1) is 34.4. The van der Waals surface area contributed by atoms with E-state index in [1.807, 2.05) is 0 Å². The molecule has 0 spiro atoms. The summed E-state index contributed by atoms with van der Waals surface area (Å²) in [7, 11) is 0. The van der Waals surface area contributed by atoms with Crippen LogP contribution in [0.3, 0.4) is 0 Å². The van der Waals surface area contributed by atoms with E-state index in [-0.39, 0.29) is 0 Å². The molecule has 2 N–H and O–H groups in total. The van der Waals surface area contributed by atoms with E-state index in [2.05, 4.69) is 24.3 Å². The highest BCUT2D eigenvalue weighted by molar-refractivity contribution is 5.66. The van der Waals surface area contributed by atoms with E-state index in [0.29, 0.717) is 12.8 Å². The van der Waals surface area contributed by atoms with Crippen LogP contribution in [0.1, 0.15) is 167 Å². The smallest absolute Gasteiger partial charge is 0.303 e. The molecular formula is C32H58O4. The number of rotatable bonds is 29. The van der Waals surface area contributed by atoms with Crippen LogP contribution in [0.5, 0.6) is 0 Å². The van der Waals surface area contributed by atoms with Gasteiger partial charge < -0.3 is 10.2 Å². The second kappa shape index (κ2) is 29.6. The third-order valence-electron chi connectivity index (χ3n) is 6.85. The first-order valence-electron chi connectivity index (χ1n) is 15.4. The van der Waals surface area contributed by atoms with Gasteiger partial charge in [-0.3, -0.25) is 9.59 Å². The molecule has 0 aromatic heterocycles. The van der Waals surface area contributed by atoms with E-state index in [1.54, 1.807) is 0 Å². The van der Waals surface area contributed by atoms with Gasteiger partial charge >= 0.3 is 11.9 Å². The third-order valence-corrected chi connectivity index (χ3v) is 6.85. The fourth-order valence-electron chi connectivity index (χ4n) is 4.55. The first-order valence-corrected chi connectivity index (χ1v) is 15.4. The van der Waals surface area contributed by atoms with Gasteiger partial charge in [-0.05, 0) is 64.2 Å². The lowest BCUT2D eigenvalue weighted by Crippen LogP contribution is -1.93. The predicted octanol–water partition coefficient (Wildman–Crippen LogP) is 10.4. The minimum atomic E-state index is -0.670. The van der Waals surface area contributed by atoms with Crippen molar-refractivity contribution in [2.24, 2.45) is 0 Å². The van der Waals surface area contributed by atoms with E-state index in [9.17, 15) is 9.59 Å². The molecule has 0 unspecified atom stereocenters. The van der Waals surface area contributed by atoms with Gasteiger partial charge in [0.25, 0.3) is 0 Å². The van der Waals surface area contributed by atoms with Crippen molar-refractivity contribution >= 4 is 11.9 Å². The second-order valence-electron chi connectivity index (χ2n) is 10.5. The summed E-state index contributed by atoms with van der Waals surface area (Å²) in [5, 5.41) is 17.2. The van der Waals surface area contributed by atoms with Crippen molar-refractivity contribution in [2.75, 3.05) is 0 Å². The monoisotopic (exact) mass is 506 g/mol. The SMILES string of the molecule is O=C(O)CCCCCCCC=CCCCCCCCCCCCCC=CCCCCCCCC(=O)O. The fourth-order valence-corrected chi connectivity index (χ4v) is 4.55. The molecule has 210 valence electrons. The zero-order chi connectivity index (χ0) is 26.4. The highest BCUT2D eigenvalue weighted by atomic mass is 16.4. The zero-order valence-corrected chi connectivity index (χ0v) is 23.4. The van der Waals surface area contributed by atoms with Crippen molar-refractivity contribution in [2.45, 2.75) is 167 Å². The maximum absolute atomic E-state index is 10.4. The summed E-state index contributed by atoms with van der Waals surface area (Å²) in [5.74, 6) is -1.34. The molecular weight excluding hydrogens is 448 g/mol. The van der Waals surface area contributed by atoms with Crippen molar-refractivity contribution in [3.8, 4) is 0 Å².